The van der Waals surface area contributed by atoms with Crippen LogP contribution in [0.15, 0.2) is 0 Å². The van der Waals surface area contributed by atoms with E-state index in [1.807, 2.05) is 0 Å². The van der Waals surface area contributed by atoms with Gasteiger partial charge in [0.25, 0.3) is 10.1 Å². The third-order valence-electron chi connectivity index (χ3n) is 3.72. The quantitative estimate of drug-likeness (QED) is 0.203. The van der Waals surface area contributed by atoms with Crippen LogP contribution in [0.3, 0.4) is 0 Å². The van der Waals surface area contributed by atoms with Crippen LogP contribution in [-0.4, -0.2) is 60.9 Å². The summed E-state index contributed by atoms with van der Waals surface area (Å²) in [6.07, 6.45) is 11.3. The van der Waals surface area contributed by atoms with Crippen molar-refractivity contribution >= 4 is 45.6 Å². The molecule has 0 saturated heterocycles. The van der Waals surface area contributed by atoms with Crippen LogP contribution in [-0.2, 0) is 19.6 Å². The van der Waals surface area contributed by atoms with Crippen molar-refractivity contribution in [1.29, 1.82) is 0 Å². The maximum Gasteiger partial charge on any atom is 0.305 e. The molecule has 0 spiro atoms. The first-order valence-electron chi connectivity index (χ1n) is 8.92. The summed E-state index contributed by atoms with van der Waals surface area (Å²) >= 11 is 0. The van der Waals surface area contributed by atoms with Gasteiger partial charge < -0.3 is 4.74 Å². The van der Waals surface area contributed by atoms with Crippen molar-refractivity contribution in [2.45, 2.75) is 84.5 Å². The van der Waals surface area contributed by atoms with E-state index in [1.54, 1.807) is 0 Å². The van der Waals surface area contributed by atoms with Crippen LogP contribution in [0.5, 0.6) is 0 Å². The third kappa shape index (κ3) is 22.4. The second-order valence-electron chi connectivity index (χ2n) is 6.62. The molecule has 0 fully saturated rings. The van der Waals surface area contributed by atoms with Crippen LogP contribution >= 0.6 is 0 Å². The average Bonchev–Trinajstić information content (AvgIpc) is 2.44. The van der Waals surface area contributed by atoms with Crippen molar-refractivity contribution in [3.8, 4) is 0 Å². The van der Waals surface area contributed by atoms with Gasteiger partial charge in [-0.05, 0) is 18.8 Å². The predicted molar refractivity (Wildman–Crippen MR) is 98.8 cm³/mol. The van der Waals surface area contributed by atoms with E-state index >= 15 is 0 Å². The number of carbonyl (C=O) groups is 1. The van der Waals surface area contributed by atoms with Crippen LogP contribution in [0.25, 0.3) is 0 Å². The molecule has 5 nitrogen and oxygen atoms in total. The van der Waals surface area contributed by atoms with E-state index in [-0.39, 0.29) is 54.3 Å². The van der Waals surface area contributed by atoms with Gasteiger partial charge in [0.05, 0.1) is 12.4 Å². The van der Waals surface area contributed by atoms with E-state index in [0.29, 0.717) is 6.42 Å². The molecule has 0 heterocycles. The molecule has 0 atom stereocenters. The number of esters is 1. The van der Waals surface area contributed by atoms with Crippen LogP contribution in [0, 0.1) is 5.92 Å². The number of ether oxygens (including phenoxy) is 1. The Morgan fingerprint density at radius 2 is 1.42 bits per heavy atom. The molecule has 0 saturated carbocycles. The van der Waals surface area contributed by atoms with E-state index < -0.39 is 10.1 Å². The van der Waals surface area contributed by atoms with E-state index in [4.69, 9.17) is 9.29 Å². The van der Waals surface area contributed by atoms with Gasteiger partial charge in [0.2, 0.25) is 0 Å². The van der Waals surface area contributed by atoms with Crippen LogP contribution < -0.4 is 0 Å². The van der Waals surface area contributed by atoms with Crippen molar-refractivity contribution in [1.82, 2.24) is 0 Å². The normalized spacial score (nSPS) is 11.3. The molecule has 0 bridgehead atoms. The molecule has 0 aromatic rings. The molecule has 0 amide bonds. The summed E-state index contributed by atoms with van der Waals surface area (Å²) in [6, 6.07) is 0. The summed E-state index contributed by atoms with van der Waals surface area (Å²) in [5, 5.41) is 0. The summed E-state index contributed by atoms with van der Waals surface area (Å²) in [4.78, 5) is 11.4. The molecule has 24 heavy (non-hydrogen) atoms. The predicted octanol–water partition coefficient (Wildman–Crippen LogP) is 3.98. The summed E-state index contributed by atoms with van der Waals surface area (Å²) < 4.78 is 34.4. The summed E-state index contributed by atoms with van der Waals surface area (Å²) in [6.45, 7) is 4.58. The minimum Gasteiger partial charge on any atom is -0.466 e. The third-order valence-corrected chi connectivity index (χ3v) is 4.53. The largest absolute Gasteiger partial charge is 0.466 e. The molecule has 1 radical (unpaired) electrons. The molecule has 0 aliphatic rings. The van der Waals surface area contributed by atoms with Gasteiger partial charge in [-0.3, -0.25) is 9.35 Å². The van der Waals surface area contributed by atoms with Crippen molar-refractivity contribution in [2.24, 2.45) is 5.92 Å². The molecular formula is C17H34NaO5S. The number of hydrogen-bond donors (Lipinski definition) is 1. The van der Waals surface area contributed by atoms with Gasteiger partial charge in [-0.1, -0.05) is 65.2 Å². The van der Waals surface area contributed by atoms with Gasteiger partial charge in [-0.25, -0.2) is 0 Å². The zero-order valence-corrected chi connectivity index (χ0v) is 18.6. The van der Waals surface area contributed by atoms with E-state index in [0.717, 1.165) is 25.2 Å². The molecule has 0 aromatic carbocycles. The molecule has 7 heteroatoms. The van der Waals surface area contributed by atoms with Crippen LogP contribution in [0.1, 0.15) is 84.5 Å². The first-order chi connectivity index (χ1) is 10.8. The minimum atomic E-state index is -3.95. The Hall–Kier alpha value is 0.380. The fraction of sp³-hybridized carbons (Fsp3) is 0.941. The minimum absolute atomic E-state index is 0. The van der Waals surface area contributed by atoms with E-state index in [2.05, 4.69) is 13.8 Å². The molecule has 0 aromatic heterocycles. The Morgan fingerprint density at radius 1 is 0.917 bits per heavy atom. The fourth-order valence-electron chi connectivity index (χ4n) is 2.38. The Morgan fingerprint density at radius 3 is 1.92 bits per heavy atom. The fourth-order valence-corrected chi connectivity index (χ4v) is 2.86. The van der Waals surface area contributed by atoms with Gasteiger partial charge in [-0.15, -0.1) is 0 Å². The topological polar surface area (TPSA) is 80.7 Å². The SMILES string of the molecule is CC(C)CCCCCCCCCCC(=O)OCCCS(=O)(=O)O.[Na]. The Kier molecular flexibility index (Phi) is 18.7. The van der Waals surface area contributed by atoms with Gasteiger partial charge in [-0.2, -0.15) is 8.42 Å². The van der Waals surface area contributed by atoms with E-state index in [1.165, 1.54) is 38.5 Å². The zero-order valence-electron chi connectivity index (χ0n) is 15.8. The molecule has 139 valence electrons. The van der Waals surface area contributed by atoms with Gasteiger partial charge in [0.1, 0.15) is 0 Å². The molecule has 0 aliphatic carbocycles. The summed E-state index contributed by atoms with van der Waals surface area (Å²) in [5.41, 5.74) is 0. The number of hydrogen-bond acceptors (Lipinski definition) is 4. The second-order valence-corrected chi connectivity index (χ2v) is 8.19. The molecule has 0 rings (SSSR count). The molecular weight excluding hydrogens is 339 g/mol. The molecule has 1 N–H and O–H groups in total. The van der Waals surface area contributed by atoms with Gasteiger partial charge in [0.15, 0.2) is 0 Å². The Balaban J connectivity index is 0. The first kappa shape index (κ1) is 26.6. The van der Waals surface area contributed by atoms with Crippen LogP contribution in [0.2, 0.25) is 0 Å². The standard InChI is InChI=1S/C17H34O5S.Na/c1-16(2)12-9-7-5-3-4-6-8-10-13-17(18)22-14-11-15-23(19,20)21;/h16H,3-15H2,1-2H3,(H,19,20,21);. The average molecular weight is 374 g/mol. The monoisotopic (exact) mass is 373 g/mol. The van der Waals surface area contributed by atoms with Crippen LogP contribution in [0.4, 0.5) is 0 Å². The second kappa shape index (κ2) is 16.8. The summed E-state index contributed by atoms with van der Waals surface area (Å²) in [5.74, 6) is 0.161. The van der Waals surface area contributed by atoms with Crippen molar-refractivity contribution in [2.75, 3.05) is 12.4 Å². The van der Waals surface area contributed by atoms with Gasteiger partial charge in [0, 0.05) is 36.0 Å². The molecule has 0 aliphatic heterocycles. The maximum absolute atomic E-state index is 11.4. The number of rotatable bonds is 15. The van der Waals surface area contributed by atoms with Crippen molar-refractivity contribution in [3.05, 3.63) is 0 Å². The van der Waals surface area contributed by atoms with E-state index in [9.17, 15) is 13.2 Å². The molecule has 0 unspecified atom stereocenters. The Labute approximate surface area is 170 Å². The van der Waals surface area contributed by atoms with Gasteiger partial charge >= 0.3 is 5.97 Å². The zero-order chi connectivity index (χ0) is 17.6. The number of unbranched alkanes of at least 4 members (excludes halogenated alkanes) is 7. The number of carbonyl (C=O) groups excluding carboxylic acids is 1. The smallest absolute Gasteiger partial charge is 0.305 e. The first-order valence-corrected chi connectivity index (χ1v) is 10.5. The van der Waals surface area contributed by atoms with Crippen molar-refractivity contribution in [3.63, 3.8) is 0 Å². The van der Waals surface area contributed by atoms with Crippen molar-refractivity contribution < 1.29 is 22.5 Å². The summed E-state index contributed by atoms with van der Waals surface area (Å²) in [7, 11) is -3.95. The maximum atomic E-state index is 11.4. The Bertz CT molecular complexity index is 396.